The quantitative estimate of drug-likeness (QED) is 0.583. The van der Waals surface area contributed by atoms with E-state index in [0.29, 0.717) is 42.0 Å². The molecule has 1 fully saturated rings. The molecule has 4 rings (SSSR count). The second kappa shape index (κ2) is 8.38. The number of nitrogens with zero attached hydrogens (tertiary/aromatic N) is 2. The lowest BCUT2D eigenvalue weighted by Crippen LogP contribution is -2.49. The minimum Gasteiger partial charge on any atom is -0.395 e. The summed E-state index contributed by atoms with van der Waals surface area (Å²) < 4.78 is 15.2. The number of nitrogens with one attached hydrogen (secondary N) is 1. The highest BCUT2D eigenvalue weighted by atomic mass is 19.1. The van der Waals surface area contributed by atoms with E-state index in [1.807, 2.05) is 0 Å². The van der Waals surface area contributed by atoms with Gasteiger partial charge in [0.15, 0.2) is 6.29 Å². The SMILES string of the molecule is O=CC1(F)NC(c2ccc(C(=O)N3CCN(CCO)CC3)cc2)=Cc2ccccc21. The summed E-state index contributed by atoms with van der Waals surface area (Å²) in [6.45, 7) is 3.46. The van der Waals surface area contributed by atoms with Crippen LogP contribution in [0.1, 0.15) is 27.0 Å². The van der Waals surface area contributed by atoms with E-state index in [2.05, 4.69) is 10.2 Å². The molecule has 1 saturated heterocycles. The molecule has 2 N–H and O–H groups in total. The van der Waals surface area contributed by atoms with E-state index in [1.54, 1.807) is 59.5 Å². The van der Waals surface area contributed by atoms with Crippen LogP contribution in [0.5, 0.6) is 0 Å². The van der Waals surface area contributed by atoms with E-state index in [4.69, 9.17) is 5.11 Å². The smallest absolute Gasteiger partial charge is 0.262 e. The fourth-order valence-electron chi connectivity index (χ4n) is 3.95. The summed E-state index contributed by atoms with van der Waals surface area (Å²) in [5.41, 5.74) is 2.67. The van der Waals surface area contributed by atoms with Crippen LogP contribution >= 0.6 is 0 Å². The van der Waals surface area contributed by atoms with Gasteiger partial charge in [-0.1, -0.05) is 36.4 Å². The Morgan fingerprint density at radius 1 is 1.10 bits per heavy atom. The Balaban J connectivity index is 1.51. The van der Waals surface area contributed by atoms with Crippen molar-refractivity contribution in [1.82, 2.24) is 15.1 Å². The van der Waals surface area contributed by atoms with Crippen LogP contribution in [-0.4, -0.2) is 66.4 Å². The second-order valence-electron chi connectivity index (χ2n) is 7.53. The zero-order chi connectivity index (χ0) is 21.1. The molecule has 0 aliphatic carbocycles. The van der Waals surface area contributed by atoms with Gasteiger partial charge in [0.05, 0.1) is 6.61 Å². The Morgan fingerprint density at radius 3 is 2.47 bits per heavy atom. The fraction of sp³-hybridized carbons (Fsp3) is 0.304. The van der Waals surface area contributed by atoms with Gasteiger partial charge in [-0.2, -0.15) is 0 Å². The average molecular weight is 409 g/mol. The third-order valence-electron chi connectivity index (χ3n) is 5.65. The Bertz CT molecular complexity index is 968. The molecule has 7 heteroatoms. The molecule has 0 spiro atoms. The van der Waals surface area contributed by atoms with Crippen molar-refractivity contribution in [2.75, 3.05) is 39.3 Å². The van der Waals surface area contributed by atoms with Crippen LogP contribution in [0.4, 0.5) is 4.39 Å². The van der Waals surface area contributed by atoms with Gasteiger partial charge in [0.2, 0.25) is 0 Å². The zero-order valence-electron chi connectivity index (χ0n) is 16.6. The van der Waals surface area contributed by atoms with Crippen molar-refractivity contribution in [1.29, 1.82) is 0 Å². The number of aldehydes is 1. The van der Waals surface area contributed by atoms with Crippen molar-refractivity contribution in [2.24, 2.45) is 0 Å². The van der Waals surface area contributed by atoms with Crippen LogP contribution in [0.15, 0.2) is 48.5 Å². The lowest BCUT2D eigenvalue weighted by Gasteiger charge is -2.34. The predicted molar refractivity (Wildman–Crippen MR) is 112 cm³/mol. The molecule has 2 heterocycles. The molecule has 1 atom stereocenters. The van der Waals surface area contributed by atoms with Crippen molar-refractivity contribution >= 4 is 24.0 Å². The van der Waals surface area contributed by atoms with Gasteiger partial charge in [-0.25, -0.2) is 4.39 Å². The summed E-state index contributed by atoms with van der Waals surface area (Å²) >= 11 is 0. The fourth-order valence-corrected chi connectivity index (χ4v) is 3.95. The number of carbonyl (C=O) groups excluding carboxylic acids is 2. The number of fused-ring (bicyclic) bond motifs is 1. The van der Waals surface area contributed by atoms with Gasteiger partial charge in [-0.05, 0) is 29.3 Å². The van der Waals surface area contributed by atoms with E-state index in [-0.39, 0.29) is 24.4 Å². The Hall–Kier alpha value is -3.03. The highest BCUT2D eigenvalue weighted by Gasteiger charge is 2.37. The number of benzene rings is 2. The van der Waals surface area contributed by atoms with Crippen molar-refractivity contribution in [3.05, 3.63) is 70.8 Å². The number of halogens is 1. The Kier molecular flexibility index (Phi) is 5.65. The van der Waals surface area contributed by atoms with E-state index >= 15 is 4.39 Å². The number of alkyl halides is 1. The summed E-state index contributed by atoms with van der Waals surface area (Å²) in [6, 6.07) is 13.8. The normalized spacial score (nSPS) is 21.4. The molecule has 2 aliphatic heterocycles. The van der Waals surface area contributed by atoms with Crippen LogP contribution in [-0.2, 0) is 10.6 Å². The van der Waals surface area contributed by atoms with Gasteiger partial charge in [0.1, 0.15) is 0 Å². The summed E-state index contributed by atoms with van der Waals surface area (Å²) in [7, 11) is 0. The first kappa shape index (κ1) is 20.3. The molecule has 1 unspecified atom stereocenters. The van der Waals surface area contributed by atoms with Crippen LogP contribution in [0.3, 0.4) is 0 Å². The first-order valence-electron chi connectivity index (χ1n) is 10.0. The minimum absolute atomic E-state index is 0.0474. The van der Waals surface area contributed by atoms with Crippen LogP contribution in [0.25, 0.3) is 11.8 Å². The van der Waals surface area contributed by atoms with Gasteiger partial charge in [-0.15, -0.1) is 0 Å². The number of aliphatic hydroxyl groups is 1. The maximum absolute atomic E-state index is 15.2. The summed E-state index contributed by atoms with van der Waals surface area (Å²) in [4.78, 5) is 28.2. The molecule has 0 radical (unpaired) electrons. The summed E-state index contributed by atoms with van der Waals surface area (Å²) in [5, 5.41) is 11.7. The molecule has 0 saturated carbocycles. The summed E-state index contributed by atoms with van der Waals surface area (Å²) in [6.07, 6.45) is 2.07. The highest BCUT2D eigenvalue weighted by Crippen LogP contribution is 2.34. The topological polar surface area (TPSA) is 72.9 Å². The van der Waals surface area contributed by atoms with Gasteiger partial charge >= 0.3 is 0 Å². The number of hydrogen-bond acceptors (Lipinski definition) is 5. The third kappa shape index (κ3) is 3.86. The average Bonchev–Trinajstić information content (AvgIpc) is 2.79. The number of amides is 1. The summed E-state index contributed by atoms with van der Waals surface area (Å²) in [5.74, 6) is -2.34. The predicted octanol–water partition coefficient (Wildman–Crippen LogP) is 1.86. The van der Waals surface area contributed by atoms with Crippen molar-refractivity contribution in [3.8, 4) is 0 Å². The lowest BCUT2D eigenvalue weighted by atomic mass is 9.92. The van der Waals surface area contributed by atoms with Gasteiger partial charge in [0.25, 0.3) is 11.7 Å². The number of β-amino-alcohol motifs (C(OH)–C–C–N with tert-alkyl or cyclic N) is 1. The number of hydrogen-bond donors (Lipinski definition) is 2. The van der Waals surface area contributed by atoms with Crippen molar-refractivity contribution in [3.63, 3.8) is 0 Å². The molecular weight excluding hydrogens is 385 g/mol. The van der Waals surface area contributed by atoms with E-state index < -0.39 is 5.79 Å². The van der Waals surface area contributed by atoms with Gasteiger partial charge in [-0.3, -0.25) is 14.5 Å². The Morgan fingerprint density at radius 2 is 1.80 bits per heavy atom. The van der Waals surface area contributed by atoms with E-state index in [9.17, 15) is 9.59 Å². The van der Waals surface area contributed by atoms with Crippen molar-refractivity contribution in [2.45, 2.75) is 5.79 Å². The molecular formula is C23H24FN3O3. The third-order valence-corrected chi connectivity index (χ3v) is 5.65. The molecule has 156 valence electrons. The maximum atomic E-state index is 15.2. The molecule has 0 bridgehead atoms. The number of piperazine rings is 1. The molecule has 1 amide bonds. The number of aliphatic hydroxyl groups excluding tert-OH is 1. The number of rotatable bonds is 5. The van der Waals surface area contributed by atoms with E-state index in [1.165, 1.54) is 0 Å². The largest absolute Gasteiger partial charge is 0.395 e. The first-order valence-corrected chi connectivity index (χ1v) is 10.0. The lowest BCUT2D eigenvalue weighted by molar-refractivity contribution is -0.119. The van der Waals surface area contributed by atoms with Gasteiger partial charge in [0, 0.05) is 49.5 Å². The monoisotopic (exact) mass is 409 g/mol. The molecule has 6 nitrogen and oxygen atoms in total. The van der Waals surface area contributed by atoms with Gasteiger partial charge < -0.3 is 15.3 Å². The Labute approximate surface area is 174 Å². The van der Waals surface area contributed by atoms with Crippen LogP contribution in [0, 0.1) is 0 Å². The standard InChI is InChI=1S/C23H24FN3O3/c24-23(16-29)20-4-2-1-3-19(20)15-21(25-23)17-5-7-18(8-6-17)22(30)27-11-9-26(10-12-27)13-14-28/h1-8,15-16,25,28H,9-14H2. The maximum Gasteiger partial charge on any atom is 0.262 e. The van der Waals surface area contributed by atoms with E-state index in [0.717, 1.165) is 13.1 Å². The molecule has 2 aromatic rings. The molecule has 0 aromatic heterocycles. The molecule has 30 heavy (non-hydrogen) atoms. The van der Waals surface area contributed by atoms with Crippen molar-refractivity contribution < 1.29 is 19.1 Å². The van der Waals surface area contributed by atoms with Crippen LogP contribution < -0.4 is 5.32 Å². The first-order chi connectivity index (χ1) is 14.5. The zero-order valence-corrected chi connectivity index (χ0v) is 16.6. The number of carbonyl (C=O) groups is 2. The molecule has 2 aromatic carbocycles. The minimum atomic E-state index is -2.29. The highest BCUT2D eigenvalue weighted by molar-refractivity contribution is 5.95. The molecule has 2 aliphatic rings. The van der Waals surface area contributed by atoms with Crippen LogP contribution in [0.2, 0.25) is 0 Å². The second-order valence-corrected chi connectivity index (χ2v) is 7.53.